The van der Waals surface area contributed by atoms with Crippen LogP contribution in [0.4, 0.5) is 11.4 Å². The van der Waals surface area contributed by atoms with Gasteiger partial charge < -0.3 is 10.6 Å². The van der Waals surface area contributed by atoms with Gasteiger partial charge in [-0.05, 0) is 41.8 Å². The van der Waals surface area contributed by atoms with Crippen LogP contribution in [0.15, 0.2) is 48.5 Å². The molecule has 0 spiro atoms. The molecule has 2 aromatic carbocycles. The van der Waals surface area contributed by atoms with Gasteiger partial charge in [-0.15, -0.1) is 0 Å². The Morgan fingerprint density at radius 3 is 1.35 bits per heavy atom. The third kappa shape index (κ3) is 5.25. The van der Waals surface area contributed by atoms with E-state index in [4.69, 9.17) is 0 Å². The lowest BCUT2D eigenvalue weighted by Crippen LogP contribution is -2.09. The van der Waals surface area contributed by atoms with Gasteiger partial charge in [0.2, 0.25) is 11.8 Å². The summed E-state index contributed by atoms with van der Waals surface area (Å²) in [6, 6.07) is 15.7. The molecule has 0 aliphatic rings. The van der Waals surface area contributed by atoms with Crippen molar-refractivity contribution in [3.63, 3.8) is 0 Å². The minimum absolute atomic E-state index is 0.0162. The molecule has 4 heteroatoms. The van der Waals surface area contributed by atoms with E-state index >= 15 is 0 Å². The average Bonchev–Trinajstić information content (AvgIpc) is 2.58. The zero-order valence-corrected chi connectivity index (χ0v) is 13.6. The van der Waals surface area contributed by atoms with Crippen LogP contribution in [-0.4, -0.2) is 11.8 Å². The van der Waals surface area contributed by atoms with E-state index in [1.165, 1.54) is 11.1 Å². The Balaban J connectivity index is 1.96. The Bertz CT molecular complexity index is 601. The van der Waals surface area contributed by atoms with Crippen LogP contribution in [0.2, 0.25) is 0 Å². The topological polar surface area (TPSA) is 58.2 Å². The first-order chi connectivity index (χ1) is 11.1. The maximum Gasteiger partial charge on any atom is 0.224 e. The van der Waals surface area contributed by atoms with Crippen LogP contribution >= 0.6 is 0 Å². The lowest BCUT2D eigenvalue weighted by Gasteiger charge is -2.07. The molecular weight excluding hydrogens is 288 g/mol. The number of rotatable bonds is 6. The van der Waals surface area contributed by atoms with Crippen molar-refractivity contribution in [2.24, 2.45) is 0 Å². The molecule has 23 heavy (non-hydrogen) atoms. The van der Waals surface area contributed by atoms with E-state index in [0.717, 1.165) is 17.8 Å². The normalized spacial score (nSPS) is 10.2. The molecule has 4 nitrogen and oxygen atoms in total. The Kier molecular flexibility index (Phi) is 5.92. The minimum Gasteiger partial charge on any atom is -0.326 e. The van der Waals surface area contributed by atoms with Crippen LogP contribution < -0.4 is 10.6 Å². The molecule has 2 aromatic rings. The molecular formula is C19H22N2O2. The van der Waals surface area contributed by atoms with Crippen LogP contribution in [0.1, 0.15) is 37.8 Å². The minimum atomic E-state index is 0.0162. The molecule has 0 atom stereocenters. The van der Waals surface area contributed by atoms with E-state index in [0.29, 0.717) is 12.8 Å². The highest BCUT2D eigenvalue weighted by Crippen LogP contribution is 2.16. The molecule has 2 rings (SSSR count). The largest absolute Gasteiger partial charge is 0.326 e. The SMILES string of the molecule is CCC(=O)Nc1ccc(Cc2ccc(NC(=O)CC)cc2)cc1. The second-order valence-electron chi connectivity index (χ2n) is 5.37. The van der Waals surface area contributed by atoms with Gasteiger partial charge in [-0.25, -0.2) is 0 Å². The fourth-order valence-corrected chi connectivity index (χ4v) is 2.15. The number of hydrogen-bond donors (Lipinski definition) is 2. The fraction of sp³-hybridized carbons (Fsp3) is 0.263. The van der Waals surface area contributed by atoms with Crippen molar-refractivity contribution in [1.29, 1.82) is 0 Å². The zero-order chi connectivity index (χ0) is 16.7. The highest BCUT2D eigenvalue weighted by atomic mass is 16.2. The summed E-state index contributed by atoms with van der Waals surface area (Å²) in [4.78, 5) is 22.7. The quantitative estimate of drug-likeness (QED) is 0.848. The van der Waals surface area contributed by atoms with Crippen molar-refractivity contribution in [2.75, 3.05) is 10.6 Å². The molecule has 0 unspecified atom stereocenters. The van der Waals surface area contributed by atoms with Crippen LogP contribution in [0.3, 0.4) is 0 Å². The second kappa shape index (κ2) is 8.13. The van der Waals surface area contributed by atoms with E-state index in [1.807, 2.05) is 62.4 Å². The Labute approximate surface area is 136 Å². The summed E-state index contributed by atoms with van der Waals surface area (Å²) in [6.45, 7) is 3.66. The molecule has 0 bridgehead atoms. The number of nitrogens with one attached hydrogen (secondary N) is 2. The van der Waals surface area contributed by atoms with Crippen molar-refractivity contribution < 1.29 is 9.59 Å². The third-order valence-electron chi connectivity index (χ3n) is 3.53. The summed E-state index contributed by atoms with van der Waals surface area (Å²) in [6.07, 6.45) is 1.76. The summed E-state index contributed by atoms with van der Waals surface area (Å²) in [5.74, 6) is 0.0323. The molecule has 0 radical (unpaired) electrons. The fourth-order valence-electron chi connectivity index (χ4n) is 2.15. The van der Waals surface area contributed by atoms with E-state index in [2.05, 4.69) is 10.6 Å². The number of anilines is 2. The standard InChI is InChI=1S/C19H22N2O2/c1-3-18(22)20-16-9-5-14(6-10-16)13-15-7-11-17(12-8-15)21-19(23)4-2/h5-12H,3-4,13H2,1-2H3,(H,20,22)(H,21,23). The predicted molar refractivity (Wildman–Crippen MR) is 93.5 cm³/mol. The monoisotopic (exact) mass is 310 g/mol. The summed E-state index contributed by atoms with van der Waals surface area (Å²) >= 11 is 0. The maximum atomic E-state index is 11.3. The molecule has 0 saturated heterocycles. The number of carbonyl (C=O) groups is 2. The van der Waals surface area contributed by atoms with Crippen molar-refractivity contribution in [3.8, 4) is 0 Å². The summed E-state index contributed by atoms with van der Waals surface area (Å²) < 4.78 is 0. The van der Waals surface area contributed by atoms with Gasteiger partial charge >= 0.3 is 0 Å². The number of amides is 2. The van der Waals surface area contributed by atoms with Crippen LogP contribution in [0, 0.1) is 0 Å². The zero-order valence-electron chi connectivity index (χ0n) is 13.6. The first kappa shape index (κ1) is 16.7. The Morgan fingerprint density at radius 1 is 0.696 bits per heavy atom. The molecule has 0 aromatic heterocycles. The summed E-state index contributed by atoms with van der Waals surface area (Å²) in [7, 11) is 0. The Hall–Kier alpha value is -2.62. The number of hydrogen-bond acceptors (Lipinski definition) is 2. The van der Waals surface area contributed by atoms with Crippen molar-refractivity contribution >= 4 is 23.2 Å². The number of benzene rings is 2. The first-order valence-corrected chi connectivity index (χ1v) is 7.88. The second-order valence-corrected chi connectivity index (χ2v) is 5.37. The lowest BCUT2D eigenvalue weighted by atomic mass is 10.0. The van der Waals surface area contributed by atoms with Crippen molar-refractivity contribution in [1.82, 2.24) is 0 Å². The number of carbonyl (C=O) groups excluding carboxylic acids is 2. The van der Waals surface area contributed by atoms with Gasteiger partial charge in [-0.2, -0.15) is 0 Å². The smallest absolute Gasteiger partial charge is 0.224 e. The van der Waals surface area contributed by atoms with Crippen LogP contribution in [0.5, 0.6) is 0 Å². The molecule has 2 N–H and O–H groups in total. The molecule has 0 saturated carbocycles. The molecule has 0 heterocycles. The van der Waals surface area contributed by atoms with Crippen molar-refractivity contribution in [3.05, 3.63) is 59.7 Å². The van der Waals surface area contributed by atoms with Gasteiger partial charge in [-0.3, -0.25) is 9.59 Å². The van der Waals surface area contributed by atoms with Crippen LogP contribution in [0.25, 0.3) is 0 Å². The third-order valence-corrected chi connectivity index (χ3v) is 3.53. The summed E-state index contributed by atoms with van der Waals surface area (Å²) in [5.41, 5.74) is 3.98. The van der Waals surface area contributed by atoms with Gasteiger partial charge in [0, 0.05) is 24.2 Å². The van der Waals surface area contributed by atoms with Gasteiger partial charge in [-0.1, -0.05) is 38.1 Å². The van der Waals surface area contributed by atoms with Gasteiger partial charge in [0.1, 0.15) is 0 Å². The molecule has 2 amide bonds. The van der Waals surface area contributed by atoms with Crippen molar-refractivity contribution in [2.45, 2.75) is 33.1 Å². The van der Waals surface area contributed by atoms with Crippen LogP contribution in [-0.2, 0) is 16.0 Å². The van der Waals surface area contributed by atoms with Gasteiger partial charge in [0.15, 0.2) is 0 Å². The lowest BCUT2D eigenvalue weighted by molar-refractivity contribution is -0.116. The molecule has 0 aliphatic heterocycles. The van der Waals surface area contributed by atoms with Gasteiger partial charge in [0.25, 0.3) is 0 Å². The highest BCUT2D eigenvalue weighted by Gasteiger charge is 2.02. The first-order valence-electron chi connectivity index (χ1n) is 7.88. The van der Waals surface area contributed by atoms with E-state index in [-0.39, 0.29) is 11.8 Å². The average molecular weight is 310 g/mol. The summed E-state index contributed by atoms with van der Waals surface area (Å²) in [5, 5.41) is 5.67. The molecule has 120 valence electrons. The Morgan fingerprint density at radius 2 is 1.04 bits per heavy atom. The molecule has 0 fully saturated rings. The van der Waals surface area contributed by atoms with E-state index < -0.39 is 0 Å². The maximum absolute atomic E-state index is 11.3. The molecule has 0 aliphatic carbocycles. The van der Waals surface area contributed by atoms with E-state index in [1.54, 1.807) is 0 Å². The highest BCUT2D eigenvalue weighted by molar-refractivity contribution is 5.90. The van der Waals surface area contributed by atoms with Gasteiger partial charge in [0.05, 0.1) is 0 Å². The van der Waals surface area contributed by atoms with E-state index in [9.17, 15) is 9.59 Å². The predicted octanol–water partition coefficient (Wildman–Crippen LogP) is 3.97.